The van der Waals surface area contributed by atoms with Gasteiger partial charge in [-0.05, 0) is 13.0 Å². The molecule has 0 saturated carbocycles. The summed E-state index contributed by atoms with van der Waals surface area (Å²) in [5.41, 5.74) is -0.369. The highest BCUT2D eigenvalue weighted by Gasteiger charge is 2.24. The molecule has 1 amide bonds. The maximum absolute atomic E-state index is 12.0. The zero-order valence-corrected chi connectivity index (χ0v) is 11.9. The van der Waals surface area contributed by atoms with Crippen molar-refractivity contribution in [3.05, 3.63) is 44.9 Å². The third-order valence-electron chi connectivity index (χ3n) is 2.17. The topological polar surface area (TPSA) is 81.5 Å². The van der Waals surface area contributed by atoms with Crippen LogP contribution in [0, 0.1) is 10.1 Å². The smallest absolute Gasteiger partial charge is 0.285 e. The van der Waals surface area contributed by atoms with Crippen molar-refractivity contribution in [1.82, 2.24) is 5.32 Å². The Labute approximate surface area is 118 Å². The fourth-order valence-electron chi connectivity index (χ4n) is 1.44. The Hall–Kier alpha value is -1.89. The second-order valence-electron chi connectivity index (χ2n) is 3.54. The van der Waals surface area contributed by atoms with Gasteiger partial charge in [-0.15, -0.1) is 0 Å². The van der Waals surface area contributed by atoms with E-state index < -0.39 is 10.8 Å². The van der Waals surface area contributed by atoms with E-state index in [1.807, 2.05) is 0 Å². The third kappa shape index (κ3) is 4.06. The lowest BCUT2D eigenvalue weighted by Gasteiger charge is -2.10. The number of nitrogens with one attached hydrogen (secondary N) is 1. The average molecular weight is 329 g/mol. The molecule has 0 aromatic heterocycles. The summed E-state index contributed by atoms with van der Waals surface area (Å²) in [4.78, 5) is 22.4. The number of hydrogen-bond acceptors (Lipinski definition) is 4. The van der Waals surface area contributed by atoms with Gasteiger partial charge in [-0.1, -0.05) is 28.6 Å². The first kappa shape index (κ1) is 15.2. The number of nitrogens with zero attached hydrogens (tertiary/aromatic N) is 1. The van der Waals surface area contributed by atoms with E-state index in [2.05, 4.69) is 27.8 Å². The normalized spacial score (nSPS) is 9.79. The summed E-state index contributed by atoms with van der Waals surface area (Å²) in [7, 11) is 0. The van der Waals surface area contributed by atoms with E-state index in [9.17, 15) is 14.9 Å². The van der Waals surface area contributed by atoms with Gasteiger partial charge in [0.05, 0.1) is 11.5 Å². The van der Waals surface area contributed by atoms with E-state index in [4.69, 9.17) is 4.74 Å². The van der Waals surface area contributed by atoms with Crippen LogP contribution in [0.3, 0.4) is 0 Å². The van der Waals surface area contributed by atoms with E-state index >= 15 is 0 Å². The Morgan fingerprint density at radius 3 is 2.79 bits per heavy atom. The van der Waals surface area contributed by atoms with Crippen LogP contribution in [0.15, 0.2) is 29.3 Å². The van der Waals surface area contributed by atoms with Gasteiger partial charge in [-0.25, -0.2) is 0 Å². The molecule has 0 saturated heterocycles. The fourth-order valence-corrected chi connectivity index (χ4v) is 1.58. The molecule has 1 rings (SSSR count). The van der Waals surface area contributed by atoms with E-state index in [1.54, 1.807) is 6.92 Å². The molecule has 0 aliphatic rings. The SMILES string of the molecule is C=C(Br)CNC(=O)c1c(OCC)cccc1[N+](=O)[O-]. The Morgan fingerprint density at radius 1 is 1.58 bits per heavy atom. The average Bonchev–Trinajstić information content (AvgIpc) is 2.36. The number of amides is 1. The number of halogens is 1. The molecule has 0 fully saturated rings. The lowest BCUT2D eigenvalue weighted by Crippen LogP contribution is -2.26. The van der Waals surface area contributed by atoms with Crippen LogP contribution in [-0.4, -0.2) is 24.0 Å². The molecule has 0 heterocycles. The van der Waals surface area contributed by atoms with Crippen molar-refractivity contribution >= 4 is 27.5 Å². The van der Waals surface area contributed by atoms with Gasteiger partial charge in [-0.3, -0.25) is 14.9 Å². The first-order valence-electron chi connectivity index (χ1n) is 5.49. The van der Waals surface area contributed by atoms with Crippen LogP contribution < -0.4 is 10.1 Å². The van der Waals surface area contributed by atoms with Crippen LogP contribution in [0.1, 0.15) is 17.3 Å². The lowest BCUT2D eigenvalue weighted by atomic mass is 10.1. The number of rotatable bonds is 6. The molecule has 0 bridgehead atoms. The highest BCUT2D eigenvalue weighted by molar-refractivity contribution is 9.11. The molecular weight excluding hydrogens is 316 g/mol. The molecule has 1 N–H and O–H groups in total. The number of carbonyl (C=O) groups excluding carboxylic acids is 1. The lowest BCUT2D eigenvalue weighted by molar-refractivity contribution is -0.385. The van der Waals surface area contributed by atoms with Crippen molar-refractivity contribution in [3.63, 3.8) is 0 Å². The summed E-state index contributed by atoms with van der Waals surface area (Å²) in [6, 6.07) is 4.26. The number of ether oxygens (including phenoxy) is 1. The molecule has 7 heteroatoms. The standard InChI is InChI=1S/C12H13BrN2O4/c1-3-19-10-6-4-5-9(15(17)18)11(10)12(16)14-7-8(2)13/h4-6H,2-3,7H2,1H3,(H,14,16). The van der Waals surface area contributed by atoms with Crippen LogP contribution in [0.4, 0.5) is 5.69 Å². The monoisotopic (exact) mass is 328 g/mol. The minimum absolute atomic E-state index is 0.0805. The number of nitro groups is 1. The number of carbonyl (C=O) groups is 1. The van der Waals surface area contributed by atoms with Crippen LogP contribution in [0.5, 0.6) is 5.75 Å². The zero-order valence-electron chi connectivity index (χ0n) is 10.3. The zero-order chi connectivity index (χ0) is 14.4. The first-order chi connectivity index (χ1) is 8.97. The van der Waals surface area contributed by atoms with Crippen LogP contribution in [-0.2, 0) is 0 Å². The Balaban J connectivity index is 3.16. The molecule has 1 aromatic rings. The molecule has 0 spiro atoms. The van der Waals surface area contributed by atoms with E-state index in [-0.39, 0.29) is 23.5 Å². The maximum atomic E-state index is 12.0. The van der Waals surface area contributed by atoms with Gasteiger partial charge in [0.15, 0.2) is 5.56 Å². The Morgan fingerprint density at radius 2 is 2.26 bits per heavy atom. The molecule has 0 radical (unpaired) electrons. The van der Waals surface area contributed by atoms with Crippen molar-refractivity contribution in [2.75, 3.05) is 13.2 Å². The molecule has 6 nitrogen and oxygen atoms in total. The number of benzene rings is 1. The van der Waals surface area contributed by atoms with E-state index in [0.29, 0.717) is 11.1 Å². The van der Waals surface area contributed by atoms with Crippen LogP contribution in [0.25, 0.3) is 0 Å². The molecule has 0 atom stereocenters. The van der Waals surface area contributed by atoms with Gasteiger partial charge in [0.1, 0.15) is 5.75 Å². The minimum Gasteiger partial charge on any atom is -0.493 e. The predicted octanol–water partition coefficient (Wildman–Crippen LogP) is 2.63. The van der Waals surface area contributed by atoms with E-state index in [1.165, 1.54) is 18.2 Å². The predicted molar refractivity (Wildman–Crippen MR) is 74.7 cm³/mol. The van der Waals surface area contributed by atoms with Crippen molar-refractivity contribution in [2.45, 2.75) is 6.92 Å². The molecule has 1 aromatic carbocycles. The molecule has 0 aliphatic carbocycles. The van der Waals surface area contributed by atoms with E-state index in [0.717, 1.165) is 0 Å². The van der Waals surface area contributed by atoms with Gasteiger partial charge in [-0.2, -0.15) is 0 Å². The van der Waals surface area contributed by atoms with Crippen LogP contribution >= 0.6 is 15.9 Å². The molecular formula is C12H13BrN2O4. The summed E-state index contributed by atoms with van der Waals surface area (Å²) in [6.45, 7) is 5.80. The highest BCUT2D eigenvalue weighted by Crippen LogP contribution is 2.28. The summed E-state index contributed by atoms with van der Waals surface area (Å²) in [6.07, 6.45) is 0. The maximum Gasteiger partial charge on any atom is 0.285 e. The second kappa shape index (κ2) is 6.89. The van der Waals surface area contributed by atoms with Crippen molar-refractivity contribution in [3.8, 4) is 5.75 Å². The number of nitro benzene ring substituents is 1. The third-order valence-corrected chi connectivity index (χ3v) is 2.45. The number of hydrogen-bond donors (Lipinski definition) is 1. The molecule has 0 aliphatic heterocycles. The van der Waals surface area contributed by atoms with Crippen molar-refractivity contribution in [1.29, 1.82) is 0 Å². The van der Waals surface area contributed by atoms with Crippen molar-refractivity contribution < 1.29 is 14.5 Å². The minimum atomic E-state index is -0.611. The Kier molecular flexibility index (Phi) is 5.50. The molecule has 19 heavy (non-hydrogen) atoms. The van der Waals surface area contributed by atoms with Gasteiger partial charge in [0.25, 0.3) is 11.6 Å². The quantitative estimate of drug-likeness (QED) is 0.642. The molecule has 0 unspecified atom stereocenters. The molecule has 102 valence electrons. The summed E-state index contributed by atoms with van der Waals surface area (Å²) in [5, 5.41) is 13.5. The Bertz CT molecular complexity index is 516. The summed E-state index contributed by atoms with van der Waals surface area (Å²) >= 11 is 3.10. The van der Waals surface area contributed by atoms with Gasteiger partial charge >= 0.3 is 0 Å². The van der Waals surface area contributed by atoms with Gasteiger partial charge < -0.3 is 10.1 Å². The highest BCUT2D eigenvalue weighted by atomic mass is 79.9. The van der Waals surface area contributed by atoms with Gasteiger partial charge in [0, 0.05) is 17.1 Å². The summed E-state index contributed by atoms with van der Waals surface area (Å²) in [5.74, 6) is -0.384. The fraction of sp³-hybridized carbons (Fsp3) is 0.250. The largest absolute Gasteiger partial charge is 0.493 e. The van der Waals surface area contributed by atoms with Crippen molar-refractivity contribution in [2.24, 2.45) is 0 Å². The van der Waals surface area contributed by atoms with Gasteiger partial charge in [0.2, 0.25) is 0 Å². The first-order valence-corrected chi connectivity index (χ1v) is 6.28. The second-order valence-corrected chi connectivity index (χ2v) is 4.66. The summed E-state index contributed by atoms with van der Waals surface area (Å²) < 4.78 is 5.82. The van der Waals surface area contributed by atoms with Crippen LogP contribution in [0.2, 0.25) is 0 Å².